The molecular formula is C9H20OY. The van der Waals surface area contributed by atoms with Gasteiger partial charge >= 0.3 is 0 Å². The zero-order valence-corrected chi connectivity index (χ0v) is 11.3. The van der Waals surface area contributed by atoms with Crippen molar-refractivity contribution in [3.63, 3.8) is 0 Å². The molecule has 0 saturated heterocycles. The summed E-state index contributed by atoms with van der Waals surface area (Å²) in [6, 6.07) is 0. The van der Waals surface area contributed by atoms with Gasteiger partial charge in [-0.25, -0.2) is 0 Å². The van der Waals surface area contributed by atoms with Gasteiger partial charge in [0, 0.05) is 39.8 Å². The molecule has 0 aliphatic carbocycles. The Bertz CT molecular complexity index is 79.6. The standard InChI is InChI=1S/C7H14O.C2H6.Y/c1-5-6-7(2,3)8-4;1-2;/h5H,1,6H2,2-4H3;1-2H3;. The molecule has 1 nitrogen and oxygen atoms in total. The van der Waals surface area contributed by atoms with Crippen molar-refractivity contribution < 1.29 is 37.4 Å². The maximum atomic E-state index is 5.11. The number of rotatable bonds is 3. The molecule has 0 spiro atoms. The van der Waals surface area contributed by atoms with Gasteiger partial charge in [0.1, 0.15) is 0 Å². The van der Waals surface area contributed by atoms with Crippen LogP contribution in [0.25, 0.3) is 0 Å². The van der Waals surface area contributed by atoms with Gasteiger partial charge in [0.25, 0.3) is 0 Å². The third-order valence-corrected chi connectivity index (χ3v) is 1.19. The molecule has 0 N–H and O–H groups in total. The Morgan fingerprint density at radius 2 is 1.73 bits per heavy atom. The zero-order chi connectivity index (χ0) is 8.62. The third-order valence-electron chi connectivity index (χ3n) is 1.19. The van der Waals surface area contributed by atoms with Crippen molar-refractivity contribution in [2.24, 2.45) is 0 Å². The fourth-order valence-corrected chi connectivity index (χ4v) is 0.431. The van der Waals surface area contributed by atoms with E-state index in [2.05, 4.69) is 6.58 Å². The molecule has 65 valence electrons. The monoisotopic (exact) mass is 233 g/mol. The van der Waals surface area contributed by atoms with Crippen molar-refractivity contribution in [2.45, 2.75) is 39.7 Å². The Morgan fingerprint density at radius 3 is 1.82 bits per heavy atom. The van der Waals surface area contributed by atoms with E-state index < -0.39 is 0 Å². The second kappa shape index (κ2) is 10.8. The topological polar surface area (TPSA) is 9.23 Å². The summed E-state index contributed by atoms with van der Waals surface area (Å²) in [5, 5.41) is 0. The van der Waals surface area contributed by atoms with E-state index >= 15 is 0 Å². The van der Waals surface area contributed by atoms with Crippen LogP contribution in [0.2, 0.25) is 0 Å². The fraction of sp³-hybridized carbons (Fsp3) is 0.778. The van der Waals surface area contributed by atoms with Crippen molar-refractivity contribution in [3.8, 4) is 0 Å². The molecule has 0 aromatic heterocycles. The van der Waals surface area contributed by atoms with E-state index in [9.17, 15) is 0 Å². The molecule has 0 heterocycles. The summed E-state index contributed by atoms with van der Waals surface area (Å²) in [7, 11) is 1.71. The molecule has 2 heteroatoms. The van der Waals surface area contributed by atoms with Gasteiger partial charge in [-0.05, 0) is 20.3 Å². The second-order valence-corrected chi connectivity index (χ2v) is 2.46. The summed E-state index contributed by atoms with van der Waals surface area (Å²) >= 11 is 0. The summed E-state index contributed by atoms with van der Waals surface area (Å²) in [4.78, 5) is 0. The molecule has 0 unspecified atom stereocenters. The Balaban J connectivity index is -0.000000196. The summed E-state index contributed by atoms with van der Waals surface area (Å²) in [6.45, 7) is 11.7. The van der Waals surface area contributed by atoms with Gasteiger partial charge in [0.15, 0.2) is 0 Å². The predicted octanol–water partition coefficient (Wildman–Crippen LogP) is 3.01. The van der Waals surface area contributed by atoms with Crippen LogP contribution in [0.15, 0.2) is 12.7 Å². The first-order valence-electron chi connectivity index (χ1n) is 3.78. The van der Waals surface area contributed by atoms with Crippen molar-refractivity contribution in [1.29, 1.82) is 0 Å². The van der Waals surface area contributed by atoms with Crippen LogP contribution < -0.4 is 0 Å². The first kappa shape index (κ1) is 17.8. The van der Waals surface area contributed by atoms with Crippen LogP contribution >= 0.6 is 0 Å². The van der Waals surface area contributed by atoms with Crippen molar-refractivity contribution >= 4 is 0 Å². The van der Waals surface area contributed by atoms with Gasteiger partial charge in [-0.2, -0.15) is 0 Å². The number of hydrogen-bond acceptors (Lipinski definition) is 1. The van der Waals surface area contributed by atoms with E-state index in [1.807, 2.05) is 33.8 Å². The molecule has 0 amide bonds. The summed E-state index contributed by atoms with van der Waals surface area (Å²) in [5.41, 5.74) is -0.0260. The molecular weight excluding hydrogens is 213 g/mol. The summed E-state index contributed by atoms with van der Waals surface area (Å²) < 4.78 is 5.11. The minimum Gasteiger partial charge on any atom is -0.378 e. The van der Waals surface area contributed by atoms with Crippen LogP contribution in [0.1, 0.15) is 34.1 Å². The molecule has 0 aliphatic rings. The van der Waals surface area contributed by atoms with E-state index in [4.69, 9.17) is 4.74 Å². The second-order valence-electron chi connectivity index (χ2n) is 2.46. The van der Waals surface area contributed by atoms with E-state index in [-0.39, 0.29) is 38.3 Å². The zero-order valence-electron chi connectivity index (χ0n) is 8.48. The van der Waals surface area contributed by atoms with Gasteiger partial charge in [-0.3, -0.25) is 0 Å². The van der Waals surface area contributed by atoms with Crippen molar-refractivity contribution in [1.82, 2.24) is 0 Å². The molecule has 1 radical (unpaired) electrons. The van der Waals surface area contributed by atoms with Crippen LogP contribution in [-0.2, 0) is 37.4 Å². The fourth-order valence-electron chi connectivity index (χ4n) is 0.431. The Hall–Kier alpha value is 0.804. The summed E-state index contributed by atoms with van der Waals surface area (Å²) in [5.74, 6) is 0. The summed E-state index contributed by atoms with van der Waals surface area (Å²) in [6.07, 6.45) is 2.77. The van der Waals surface area contributed by atoms with Gasteiger partial charge < -0.3 is 4.74 Å². The quantitative estimate of drug-likeness (QED) is 0.681. The Kier molecular flexibility index (Phi) is 17.5. The van der Waals surface area contributed by atoms with Crippen LogP contribution in [0.3, 0.4) is 0 Å². The molecule has 0 saturated carbocycles. The van der Waals surface area contributed by atoms with E-state index in [0.717, 1.165) is 6.42 Å². The van der Waals surface area contributed by atoms with Gasteiger partial charge in [-0.15, -0.1) is 6.58 Å². The van der Waals surface area contributed by atoms with Crippen molar-refractivity contribution in [2.75, 3.05) is 7.11 Å². The Morgan fingerprint density at radius 1 is 1.36 bits per heavy atom. The minimum absolute atomic E-state index is 0. The average Bonchev–Trinajstić information content (AvgIpc) is 1.93. The van der Waals surface area contributed by atoms with Gasteiger partial charge in [-0.1, -0.05) is 19.9 Å². The average molecular weight is 233 g/mol. The predicted molar refractivity (Wildman–Crippen MR) is 47.3 cm³/mol. The van der Waals surface area contributed by atoms with Gasteiger partial charge in [0.05, 0.1) is 5.60 Å². The molecule has 11 heavy (non-hydrogen) atoms. The first-order chi connectivity index (χ1) is 4.62. The first-order valence-corrected chi connectivity index (χ1v) is 3.78. The molecule has 0 bridgehead atoms. The minimum atomic E-state index is -0.0260. The largest absolute Gasteiger partial charge is 0.378 e. The smallest absolute Gasteiger partial charge is 0.0656 e. The van der Waals surface area contributed by atoms with E-state index in [1.54, 1.807) is 7.11 Å². The molecule has 0 aliphatic heterocycles. The van der Waals surface area contributed by atoms with Crippen molar-refractivity contribution in [3.05, 3.63) is 12.7 Å². The van der Waals surface area contributed by atoms with Gasteiger partial charge in [0.2, 0.25) is 0 Å². The van der Waals surface area contributed by atoms with E-state index in [0.29, 0.717) is 0 Å². The number of methoxy groups -OCH3 is 1. The maximum absolute atomic E-state index is 5.11. The van der Waals surface area contributed by atoms with E-state index in [1.165, 1.54) is 0 Å². The van der Waals surface area contributed by atoms with Crippen LogP contribution in [-0.4, -0.2) is 12.7 Å². The maximum Gasteiger partial charge on any atom is 0.0656 e. The normalized spacial score (nSPS) is 8.82. The van der Waals surface area contributed by atoms with Crippen LogP contribution in [0, 0.1) is 0 Å². The molecule has 0 aromatic rings. The SMILES string of the molecule is C=CCC(C)(C)OC.CC.[Y]. The van der Waals surface area contributed by atoms with Crippen LogP contribution in [0.5, 0.6) is 0 Å². The molecule has 0 aromatic carbocycles. The third kappa shape index (κ3) is 13.8. The number of hydrogen-bond donors (Lipinski definition) is 0. The molecule has 0 fully saturated rings. The Labute approximate surface area is 96.5 Å². The van der Waals surface area contributed by atoms with Crippen LogP contribution in [0.4, 0.5) is 0 Å². The molecule has 0 rings (SSSR count). The number of ether oxygens (including phenoxy) is 1. The molecule has 0 atom stereocenters.